The van der Waals surface area contributed by atoms with E-state index in [1.165, 1.54) is 11.8 Å². The average molecular weight is 407 g/mol. The highest BCUT2D eigenvalue weighted by molar-refractivity contribution is 8.00. The molecule has 1 atom stereocenters. The lowest BCUT2D eigenvalue weighted by molar-refractivity contribution is -0.120. The van der Waals surface area contributed by atoms with Gasteiger partial charge in [-0.15, -0.1) is 10.2 Å². The molecule has 2 aromatic carbocycles. The van der Waals surface area contributed by atoms with E-state index >= 15 is 0 Å². The number of rotatable bonds is 6. The Kier molecular flexibility index (Phi) is 5.40. The summed E-state index contributed by atoms with van der Waals surface area (Å²) in [5.41, 5.74) is 3.90. The molecule has 0 bridgehead atoms. The number of fused-ring (bicyclic) bond motifs is 3. The molecule has 0 aliphatic heterocycles. The van der Waals surface area contributed by atoms with Crippen molar-refractivity contribution in [3.63, 3.8) is 0 Å². The molecule has 0 aliphatic carbocycles. The molecule has 7 heteroatoms. The lowest BCUT2D eigenvalue weighted by Crippen LogP contribution is -2.30. The fourth-order valence-electron chi connectivity index (χ4n) is 3.25. The molecule has 0 saturated carbocycles. The van der Waals surface area contributed by atoms with Gasteiger partial charge >= 0.3 is 0 Å². The van der Waals surface area contributed by atoms with Crippen LogP contribution in [-0.2, 0) is 11.3 Å². The Balaban J connectivity index is 1.60. The topological polar surface area (TPSA) is 68.5 Å². The highest BCUT2D eigenvalue weighted by Crippen LogP contribution is 2.30. The predicted molar refractivity (Wildman–Crippen MR) is 115 cm³/mol. The summed E-state index contributed by atoms with van der Waals surface area (Å²) >= 11 is 1.39. The Morgan fingerprint density at radius 3 is 2.72 bits per heavy atom. The minimum absolute atomic E-state index is 0.0374. The van der Waals surface area contributed by atoms with Crippen molar-refractivity contribution in [1.82, 2.24) is 19.9 Å². The molecule has 2 aromatic heterocycles. The lowest BCUT2D eigenvalue weighted by Gasteiger charge is -2.13. The van der Waals surface area contributed by atoms with E-state index in [9.17, 15) is 4.79 Å². The number of nitrogens with zero attached hydrogens (tertiary/aromatic N) is 3. The fourth-order valence-corrected chi connectivity index (χ4v) is 4.14. The van der Waals surface area contributed by atoms with Crippen LogP contribution in [0.4, 0.5) is 0 Å². The van der Waals surface area contributed by atoms with E-state index < -0.39 is 0 Å². The highest BCUT2D eigenvalue weighted by Gasteiger charge is 2.19. The SMILES string of the molecule is COc1ccc2c(C)cc3nnc(SC(C)C(=O)NCc4ccccc4)n3c2c1. The smallest absolute Gasteiger partial charge is 0.233 e. The maximum absolute atomic E-state index is 12.6. The molecule has 0 saturated heterocycles. The van der Waals surface area contributed by atoms with Crippen LogP contribution < -0.4 is 10.1 Å². The first-order chi connectivity index (χ1) is 14.1. The maximum atomic E-state index is 12.6. The second kappa shape index (κ2) is 8.13. The minimum Gasteiger partial charge on any atom is -0.497 e. The second-order valence-corrected chi connectivity index (χ2v) is 8.16. The van der Waals surface area contributed by atoms with Crippen LogP contribution in [-0.4, -0.2) is 32.9 Å². The van der Waals surface area contributed by atoms with E-state index in [-0.39, 0.29) is 11.2 Å². The van der Waals surface area contributed by atoms with Gasteiger partial charge in [-0.05, 0) is 43.2 Å². The van der Waals surface area contributed by atoms with Gasteiger partial charge in [-0.1, -0.05) is 42.1 Å². The van der Waals surface area contributed by atoms with Gasteiger partial charge in [-0.3, -0.25) is 9.20 Å². The summed E-state index contributed by atoms with van der Waals surface area (Å²) in [6, 6.07) is 17.8. The van der Waals surface area contributed by atoms with Crippen LogP contribution in [0.3, 0.4) is 0 Å². The molecule has 0 aliphatic rings. The van der Waals surface area contributed by atoms with Crippen molar-refractivity contribution in [2.24, 2.45) is 0 Å². The summed E-state index contributed by atoms with van der Waals surface area (Å²) in [4.78, 5) is 12.6. The van der Waals surface area contributed by atoms with Gasteiger partial charge in [0, 0.05) is 18.0 Å². The Hall–Kier alpha value is -3.06. The average Bonchev–Trinajstić information content (AvgIpc) is 3.14. The van der Waals surface area contributed by atoms with Crippen LogP contribution in [0, 0.1) is 6.92 Å². The number of carbonyl (C=O) groups is 1. The summed E-state index contributed by atoms with van der Waals surface area (Å²) in [7, 11) is 1.65. The number of aryl methyl sites for hydroxylation is 1. The molecule has 0 spiro atoms. The van der Waals surface area contributed by atoms with Crippen LogP contribution in [0.25, 0.3) is 16.6 Å². The first kappa shape index (κ1) is 19.3. The van der Waals surface area contributed by atoms with Gasteiger partial charge in [0.15, 0.2) is 10.8 Å². The summed E-state index contributed by atoms with van der Waals surface area (Å²) in [5, 5.41) is 13.1. The largest absolute Gasteiger partial charge is 0.497 e. The Labute approximate surface area is 173 Å². The summed E-state index contributed by atoms with van der Waals surface area (Å²) < 4.78 is 7.38. The molecule has 4 rings (SSSR count). The normalized spacial score (nSPS) is 12.2. The van der Waals surface area contributed by atoms with Crippen LogP contribution in [0.1, 0.15) is 18.1 Å². The molecule has 1 unspecified atom stereocenters. The van der Waals surface area contributed by atoms with Crippen molar-refractivity contribution >= 4 is 34.2 Å². The molecule has 4 aromatic rings. The molecule has 0 fully saturated rings. The zero-order valence-electron chi connectivity index (χ0n) is 16.5. The Morgan fingerprint density at radius 2 is 1.97 bits per heavy atom. The van der Waals surface area contributed by atoms with E-state index in [4.69, 9.17) is 4.74 Å². The van der Waals surface area contributed by atoms with Crippen molar-refractivity contribution in [2.75, 3.05) is 7.11 Å². The van der Waals surface area contributed by atoms with E-state index in [1.54, 1.807) is 7.11 Å². The van der Waals surface area contributed by atoms with Gasteiger partial charge in [0.25, 0.3) is 0 Å². The predicted octanol–water partition coefficient (Wildman–Crippen LogP) is 4.00. The standard InChI is InChI=1S/C22H22N4O2S/c1-14-11-20-24-25-22(26(20)19-12-17(28-3)9-10-18(14)19)29-15(2)21(27)23-13-16-7-5-4-6-8-16/h4-12,15H,13H2,1-3H3,(H,23,27). The molecule has 1 amide bonds. The van der Waals surface area contributed by atoms with E-state index in [0.29, 0.717) is 11.7 Å². The van der Waals surface area contributed by atoms with Gasteiger partial charge in [-0.25, -0.2) is 0 Å². The monoisotopic (exact) mass is 406 g/mol. The number of benzene rings is 2. The molecule has 148 valence electrons. The number of hydrogen-bond acceptors (Lipinski definition) is 5. The van der Waals surface area contributed by atoms with E-state index in [1.807, 2.05) is 65.9 Å². The first-order valence-corrected chi connectivity index (χ1v) is 10.3. The van der Waals surface area contributed by atoms with Crippen LogP contribution in [0.15, 0.2) is 59.8 Å². The summed E-state index contributed by atoms with van der Waals surface area (Å²) in [6.45, 7) is 4.43. The molecule has 29 heavy (non-hydrogen) atoms. The zero-order chi connectivity index (χ0) is 20.4. The third kappa shape index (κ3) is 3.91. The fraction of sp³-hybridized carbons (Fsp3) is 0.227. The number of thioether (sulfide) groups is 1. The number of ether oxygens (including phenoxy) is 1. The van der Waals surface area contributed by atoms with Gasteiger partial charge in [0.1, 0.15) is 5.75 Å². The first-order valence-electron chi connectivity index (χ1n) is 9.37. The van der Waals surface area contributed by atoms with Crippen molar-refractivity contribution in [3.8, 4) is 5.75 Å². The Bertz CT molecular complexity index is 1170. The van der Waals surface area contributed by atoms with Gasteiger partial charge < -0.3 is 10.1 Å². The number of pyridine rings is 1. The zero-order valence-corrected chi connectivity index (χ0v) is 17.4. The molecule has 1 N–H and O–H groups in total. The lowest BCUT2D eigenvalue weighted by atomic mass is 10.1. The molecule has 2 heterocycles. The molecular weight excluding hydrogens is 384 g/mol. The van der Waals surface area contributed by atoms with Crippen molar-refractivity contribution < 1.29 is 9.53 Å². The number of aromatic nitrogens is 3. The maximum Gasteiger partial charge on any atom is 0.233 e. The number of carbonyl (C=O) groups excluding carboxylic acids is 1. The molecular formula is C22H22N4O2S. The van der Waals surface area contributed by atoms with Crippen LogP contribution in [0.5, 0.6) is 5.75 Å². The second-order valence-electron chi connectivity index (χ2n) is 6.85. The molecule has 6 nitrogen and oxygen atoms in total. The summed E-state index contributed by atoms with van der Waals surface area (Å²) in [5.74, 6) is 0.729. The van der Waals surface area contributed by atoms with E-state index in [0.717, 1.165) is 33.4 Å². The number of amides is 1. The quantitative estimate of drug-likeness (QED) is 0.490. The number of hydrogen-bond donors (Lipinski definition) is 1. The van der Waals surface area contributed by atoms with Crippen molar-refractivity contribution in [2.45, 2.75) is 30.8 Å². The summed E-state index contributed by atoms with van der Waals surface area (Å²) in [6.07, 6.45) is 0. The van der Waals surface area contributed by atoms with Gasteiger partial charge in [-0.2, -0.15) is 0 Å². The van der Waals surface area contributed by atoms with Gasteiger partial charge in [0.2, 0.25) is 5.91 Å². The number of methoxy groups -OCH3 is 1. The highest BCUT2D eigenvalue weighted by atomic mass is 32.2. The Morgan fingerprint density at radius 1 is 1.17 bits per heavy atom. The van der Waals surface area contributed by atoms with Crippen molar-refractivity contribution in [1.29, 1.82) is 0 Å². The van der Waals surface area contributed by atoms with Crippen LogP contribution >= 0.6 is 11.8 Å². The molecule has 0 radical (unpaired) electrons. The number of nitrogens with one attached hydrogen (secondary N) is 1. The van der Waals surface area contributed by atoms with Crippen LogP contribution in [0.2, 0.25) is 0 Å². The third-order valence-corrected chi connectivity index (χ3v) is 5.88. The van der Waals surface area contributed by atoms with Crippen molar-refractivity contribution in [3.05, 3.63) is 65.7 Å². The van der Waals surface area contributed by atoms with Gasteiger partial charge in [0.05, 0.1) is 17.9 Å². The van der Waals surface area contributed by atoms with E-state index in [2.05, 4.69) is 22.4 Å². The minimum atomic E-state index is -0.312. The third-order valence-electron chi connectivity index (χ3n) is 4.84.